The molecule has 2 aromatic carbocycles. The Morgan fingerprint density at radius 2 is 1.84 bits per heavy atom. The second-order valence-corrected chi connectivity index (χ2v) is 6.44. The largest absolute Gasteiger partial charge is 0.461 e. The molecule has 0 saturated heterocycles. The van der Waals surface area contributed by atoms with E-state index in [1.54, 1.807) is 24.3 Å². The van der Waals surface area contributed by atoms with Crippen molar-refractivity contribution >= 4 is 40.1 Å². The van der Waals surface area contributed by atoms with Gasteiger partial charge in [-0.05, 0) is 30.7 Å². The van der Waals surface area contributed by atoms with Gasteiger partial charge in [0, 0.05) is 32.6 Å². The highest BCUT2D eigenvalue weighted by Gasteiger charge is 2.13. The minimum Gasteiger partial charge on any atom is -0.461 e. The Bertz CT molecular complexity index is 988. The van der Waals surface area contributed by atoms with Crippen LogP contribution in [-0.2, 0) is 22.6 Å². The average Bonchev–Trinajstić information content (AvgIpc) is 2.55. The number of carbonyl (C=O) groups is 1. The highest BCUT2D eigenvalue weighted by atomic mass is 35.5. The minimum absolute atomic E-state index is 0.0356. The average molecular weight is 377 g/mol. The highest BCUT2D eigenvalue weighted by Crippen LogP contribution is 2.25. The molecule has 0 radical (unpaired) electrons. The summed E-state index contributed by atoms with van der Waals surface area (Å²) in [5.41, 5.74) is 2.05. The van der Waals surface area contributed by atoms with Gasteiger partial charge in [-0.15, -0.1) is 0 Å². The highest BCUT2D eigenvalue weighted by molar-refractivity contribution is 6.36. The fourth-order valence-electron chi connectivity index (χ4n) is 2.51. The lowest BCUT2D eigenvalue weighted by Crippen LogP contribution is -2.10. The van der Waals surface area contributed by atoms with Gasteiger partial charge >= 0.3 is 11.6 Å². The number of ether oxygens (including phenoxy) is 1. The number of aryl methyl sites for hydroxylation is 1. The second-order valence-electron chi connectivity index (χ2n) is 5.63. The molecule has 4 nitrogen and oxygen atoms in total. The van der Waals surface area contributed by atoms with Crippen LogP contribution in [0.1, 0.15) is 16.7 Å². The van der Waals surface area contributed by atoms with Crippen molar-refractivity contribution < 1.29 is 13.9 Å². The first-order valence-corrected chi connectivity index (χ1v) is 8.31. The minimum atomic E-state index is -0.488. The van der Waals surface area contributed by atoms with E-state index in [1.807, 2.05) is 19.1 Å². The van der Waals surface area contributed by atoms with E-state index < -0.39 is 11.6 Å². The number of carbonyl (C=O) groups excluding carboxylic acids is 1. The molecule has 0 N–H and O–H groups in total. The molecular formula is C19H14Cl2O4. The maximum Gasteiger partial charge on any atom is 0.336 e. The first kappa shape index (κ1) is 17.5. The Kier molecular flexibility index (Phi) is 5.11. The molecule has 0 saturated carbocycles. The SMILES string of the molecule is Cc1ccc2c(COC(=O)Cc3c(Cl)cccc3Cl)cc(=O)oc2c1. The third kappa shape index (κ3) is 4.03. The molecule has 0 fully saturated rings. The Labute approximate surface area is 153 Å². The zero-order chi connectivity index (χ0) is 18.0. The van der Waals surface area contributed by atoms with Crippen molar-refractivity contribution in [3.8, 4) is 0 Å². The molecule has 1 aromatic heterocycles. The van der Waals surface area contributed by atoms with Crippen LogP contribution in [0.3, 0.4) is 0 Å². The van der Waals surface area contributed by atoms with Gasteiger partial charge < -0.3 is 9.15 Å². The van der Waals surface area contributed by atoms with E-state index in [0.717, 1.165) is 10.9 Å². The molecule has 3 aromatic rings. The summed E-state index contributed by atoms with van der Waals surface area (Å²) in [6.07, 6.45) is -0.0447. The summed E-state index contributed by atoms with van der Waals surface area (Å²) in [6.45, 7) is 1.87. The van der Waals surface area contributed by atoms with Crippen LogP contribution in [0.4, 0.5) is 0 Å². The van der Waals surface area contributed by atoms with Gasteiger partial charge in [0.25, 0.3) is 0 Å². The molecule has 1 heterocycles. The number of esters is 1. The van der Waals surface area contributed by atoms with Crippen LogP contribution >= 0.6 is 23.2 Å². The number of fused-ring (bicyclic) bond motifs is 1. The maximum absolute atomic E-state index is 12.1. The predicted octanol–water partition coefficient (Wildman–Crippen LogP) is 4.69. The monoisotopic (exact) mass is 376 g/mol. The molecule has 25 heavy (non-hydrogen) atoms. The maximum atomic E-state index is 12.1. The third-order valence-electron chi connectivity index (χ3n) is 3.76. The number of hydrogen-bond donors (Lipinski definition) is 0. The predicted molar refractivity (Wildman–Crippen MR) is 97.2 cm³/mol. The molecule has 0 aliphatic rings. The smallest absolute Gasteiger partial charge is 0.336 e. The first-order valence-electron chi connectivity index (χ1n) is 7.56. The lowest BCUT2D eigenvalue weighted by atomic mass is 10.1. The summed E-state index contributed by atoms with van der Waals surface area (Å²) in [4.78, 5) is 23.8. The van der Waals surface area contributed by atoms with E-state index in [0.29, 0.717) is 26.8 Å². The van der Waals surface area contributed by atoms with Gasteiger partial charge in [-0.25, -0.2) is 4.79 Å². The van der Waals surface area contributed by atoms with Crippen molar-refractivity contribution in [2.45, 2.75) is 20.0 Å². The lowest BCUT2D eigenvalue weighted by molar-refractivity contribution is -0.144. The van der Waals surface area contributed by atoms with Crippen LogP contribution in [0.15, 0.2) is 51.7 Å². The van der Waals surface area contributed by atoms with Gasteiger partial charge in [0.15, 0.2) is 0 Å². The van der Waals surface area contributed by atoms with E-state index >= 15 is 0 Å². The van der Waals surface area contributed by atoms with Crippen molar-refractivity contribution in [1.29, 1.82) is 0 Å². The van der Waals surface area contributed by atoms with Crippen molar-refractivity contribution in [3.05, 3.63) is 79.6 Å². The zero-order valence-corrected chi connectivity index (χ0v) is 14.9. The van der Waals surface area contributed by atoms with E-state index in [9.17, 15) is 9.59 Å². The van der Waals surface area contributed by atoms with Gasteiger partial charge in [-0.2, -0.15) is 0 Å². The van der Waals surface area contributed by atoms with Gasteiger partial charge in [-0.3, -0.25) is 4.79 Å². The molecule has 0 aliphatic heterocycles. The number of hydrogen-bond acceptors (Lipinski definition) is 4. The number of halogens is 2. The standard InChI is InChI=1S/C19H14Cl2O4/c1-11-5-6-13-12(8-19(23)25-17(13)7-11)10-24-18(22)9-14-15(20)3-2-4-16(14)21/h2-8H,9-10H2,1H3. The Morgan fingerprint density at radius 3 is 2.56 bits per heavy atom. The van der Waals surface area contributed by atoms with Crippen LogP contribution in [0.2, 0.25) is 10.0 Å². The Hall–Kier alpha value is -2.30. The quantitative estimate of drug-likeness (QED) is 0.489. The molecule has 3 rings (SSSR count). The van der Waals surface area contributed by atoms with Gasteiger partial charge in [0.05, 0.1) is 6.42 Å². The zero-order valence-electron chi connectivity index (χ0n) is 13.3. The molecule has 0 spiro atoms. The summed E-state index contributed by atoms with van der Waals surface area (Å²) in [6, 6.07) is 11.9. The molecule has 0 unspecified atom stereocenters. The normalized spacial score (nSPS) is 10.8. The summed E-state index contributed by atoms with van der Waals surface area (Å²) in [5.74, 6) is -0.483. The summed E-state index contributed by atoms with van der Waals surface area (Å²) < 4.78 is 10.5. The van der Waals surface area contributed by atoms with Crippen molar-refractivity contribution in [2.75, 3.05) is 0 Å². The Balaban J connectivity index is 1.79. The van der Waals surface area contributed by atoms with Crippen LogP contribution < -0.4 is 5.63 Å². The third-order valence-corrected chi connectivity index (χ3v) is 4.47. The van der Waals surface area contributed by atoms with Crippen LogP contribution in [-0.4, -0.2) is 5.97 Å². The second kappa shape index (κ2) is 7.30. The molecule has 0 atom stereocenters. The molecular weight excluding hydrogens is 363 g/mol. The number of benzene rings is 2. The lowest BCUT2D eigenvalue weighted by Gasteiger charge is -2.09. The molecule has 128 valence electrons. The van der Waals surface area contributed by atoms with Gasteiger partial charge in [0.2, 0.25) is 0 Å². The van der Waals surface area contributed by atoms with Gasteiger partial charge in [0.1, 0.15) is 12.2 Å². The van der Waals surface area contributed by atoms with E-state index in [4.69, 9.17) is 32.4 Å². The molecule has 0 bridgehead atoms. The first-order chi connectivity index (χ1) is 11.9. The van der Waals surface area contributed by atoms with E-state index in [1.165, 1.54) is 6.07 Å². The van der Waals surface area contributed by atoms with Crippen LogP contribution in [0.5, 0.6) is 0 Å². The van der Waals surface area contributed by atoms with Gasteiger partial charge in [-0.1, -0.05) is 41.4 Å². The van der Waals surface area contributed by atoms with Crippen LogP contribution in [0, 0.1) is 6.92 Å². The fourth-order valence-corrected chi connectivity index (χ4v) is 3.04. The van der Waals surface area contributed by atoms with Crippen molar-refractivity contribution in [1.82, 2.24) is 0 Å². The fraction of sp³-hybridized carbons (Fsp3) is 0.158. The topological polar surface area (TPSA) is 56.5 Å². The number of rotatable bonds is 4. The Morgan fingerprint density at radius 1 is 1.12 bits per heavy atom. The molecule has 6 heteroatoms. The molecule has 0 aliphatic carbocycles. The summed E-state index contributed by atoms with van der Waals surface area (Å²) in [5, 5.41) is 1.55. The van der Waals surface area contributed by atoms with Crippen LogP contribution in [0.25, 0.3) is 11.0 Å². The summed E-state index contributed by atoms with van der Waals surface area (Å²) >= 11 is 12.1. The van der Waals surface area contributed by atoms with E-state index in [2.05, 4.69) is 0 Å². The van der Waals surface area contributed by atoms with Crippen molar-refractivity contribution in [3.63, 3.8) is 0 Å². The molecule has 0 amide bonds. The summed E-state index contributed by atoms with van der Waals surface area (Å²) in [7, 11) is 0. The van der Waals surface area contributed by atoms with Crippen molar-refractivity contribution in [2.24, 2.45) is 0 Å². The van der Waals surface area contributed by atoms with E-state index in [-0.39, 0.29) is 13.0 Å².